The molecule has 1 N–H and O–H groups in total. The van der Waals surface area contributed by atoms with Crippen LogP contribution in [0.25, 0.3) is 10.9 Å². The second kappa shape index (κ2) is 10.1. The lowest BCUT2D eigenvalue weighted by Crippen LogP contribution is -2.40. The minimum Gasteiger partial charge on any atom is -0.462 e. The van der Waals surface area contributed by atoms with Crippen molar-refractivity contribution >= 4 is 23.0 Å². The number of rotatable bonds is 4. The minimum atomic E-state index is -1.26. The van der Waals surface area contributed by atoms with Crippen LogP contribution in [0.3, 0.4) is 0 Å². The van der Waals surface area contributed by atoms with Gasteiger partial charge in [0, 0.05) is 24.7 Å². The molecule has 1 aliphatic heterocycles. The molecule has 0 radical (unpaired) electrons. The summed E-state index contributed by atoms with van der Waals surface area (Å²) in [7, 11) is 0. The van der Waals surface area contributed by atoms with E-state index in [-0.39, 0.29) is 54.1 Å². The maximum Gasteiger partial charge on any atom is 0.410 e. The van der Waals surface area contributed by atoms with Crippen LogP contribution in [0.2, 0.25) is 0 Å². The monoisotopic (exact) mass is 516 g/mol. The van der Waals surface area contributed by atoms with Crippen LogP contribution >= 0.6 is 0 Å². The molecule has 0 unspecified atom stereocenters. The summed E-state index contributed by atoms with van der Waals surface area (Å²) in [5.41, 5.74) is -1.92. The quantitative estimate of drug-likeness (QED) is 0.489. The van der Waals surface area contributed by atoms with E-state index in [1.165, 1.54) is 11.1 Å². The number of benzene rings is 1. The van der Waals surface area contributed by atoms with Gasteiger partial charge in [0.1, 0.15) is 11.2 Å². The Hall–Kier alpha value is -3.45. The average Bonchev–Trinajstić information content (AvgIpc) is 3.58. The van der Waals surface area contributed by atoms with Gasteiger partial charge in [0.15, 0.2) is 11.6 Å². The fourth-order valence-electron chi connectivity index (χ4n) is 4.46. The Kier molecular flexibility index (Phi) is 7.29. The summed E-state index contributed by atoms with van der Waals surface area (Å²) in [4.78, 5) is 39.4. The first kappa shape index (κ1) is 26.6. The number of pyridine rings is 1. The van der Waals surface area contributed by atoms with Gasteiger partial charge in [0.25, 0.3) is 0 Å². The number of hydrogen-bond acceptors (Lipinski definition) is 6. The van der Waals surface area contributed by atoms with Crippen molar-refractivity contribution in [1.82, 2.24) is 9.47 Å². The number of β-amino-alcohol motifs (C(OH)–C–C–N with tert-alkyl or cyclic N) is 1. The summed E-state index contributed by atoms with van der Waals surface area (Å²) in [6.07, 6.45) is 1.81. The van der Waals surface area contributed by atoms with Gasteiger partial charge in [-0.2, -0.15) is 0 Å². The van der Waals surface area contributed by atoms with Crippen LogP contribution < -0.4 is 5.43 Å². The van der Waals surface area contributed by atoms with Gasteiger partial charge in [-0.1, -0.05) is 11.8 Å². The molecule has 1 amide bonds. The Balaban J connectivity index is 1.74. The molecule has 1 aromatic heterocycles. The molecule has 8 nitrogen and oxygen atoms in total. The Bertz CT molecular complexity index is 1360. The standard InChI is InChI=1S/C27H30F2N2O6/c1-5-36-25(34)20-14-30(15-9-10-15)23-18(22(29)21(28)12-19(23)24(20)33)8-6-7-16-11-17(32)13-31(16)26(35)37-27(2,3)4/h12,14-17,32H,5,7,9-11,13H2,1-4H3/t16-,17+/m1/s1. The largest absolute Gasteiger partial charge is 0.462 e. The summed E-state index contributed by atoms with van der Waals surface area (Å²) < 4.78 is 41.6. The first-order valence-corrected chi connectivity index (χ1v) is 12.3. The predicted molar refractivity (Wildman–Crippen MR) is 131 cm³/mol. The number of amides is 1. The van der Waals surface area contributed by atoms with Crippen molar-refractivity contribution < 1.29 is 33.0 Å². The number of carbonyl (C=O) groups excluding carboxylic acids is 2. The third-order valence-corrected chi connectivity index (χ3v) is 6.21. The van der Waals surface area contributed by atoms with E-state index in [4.69, 9.17) is 9.47 Å². The molecule has 10 heteroatoms. The molecule has 2 atom stereocenters. The zero-order chi connectivity index (χ0) is 27.1. The van der Waals surface area contributed by atoms with Gasteiger partial charge in [-0.15, -0.1) is 0 Å². The van der Waals surface area contributed by atoms with Crippen LogP contribution in [0.15, 0.2) is 17.1 Å². The highest BCUT2D eigenvalue weighted by Crippen LogP contribution is 2.38. The van der Waals surface area contributed by atoms with Crippen LogP contribution in [0.1, 0.15) is 75.3 Å². The number of fused-ring (bicyclic) bond motifs is 1. The van der Waals surface area contributed by atoms with Gasteiger partial charge in [-0.3, -0.25) is 4.79 Å². The van der Waals surface area contributed by atoms with E-state index in [0.29, 0.717) is 0 Å². The van der Waals surface area contributed by atoms with Crippen LogP contribution in [0, 0.1) is 23.5 Å². The van der Waals surface area contributed by atoms with Gasteiger partial charge in [-0.25, -0.2) is 18.4 Å². The molecule has 2 aromatic rings. The number of hydrogen-bond donors (Lipinski definition) is 1. The van der Waals surface area contributed by atoms with E-state index in [2.05, 4.69) is 11.8 Å². The number of halogens is 2. The maximum absolute atomic E-state index is 15.1. The van der Waals surface area contributed by atoms with Crippen molar-refractivity contribution in [2.45, 2.75) is 77.2 Å². The highest BCUT2D eigenvalue weighted by molar-refractivity contribution is 5.95. The molecule has 2 aliphatic rings. The average molecular weight is 517 g/mol. The van der Waals surface area contributed by atoms with Crippen LogP contribution in [0.5, 0.6) is 0 Å². The number of nitrogens with zero attached hydrogens (tertiary/aromatic N) is 2. The molecule has 2 fully saturated rings. The van der Waals surface area contributed by atoms with Crippen molar-refractivity contribution in [2.24, 2.45) is 0 Å². The second-order valence-corrected chi connectivity index (χ2v) is 10.4. The van der Waals surface area contributed by atoms with Gasteiger partial charge in [-0.05, 0) is 53.0 Å². The topological polar surface area (TPSA) is 98.1 Å². The summed E-state index contributed by atoms with van der Waals surface area (Å²) >= 11 is 0. The van der Waals surface area contributed by atoms with Crippen LogP contribution in [-0.4, -0.2) is 57.5 Å². The molecular weight excluding hydrogens is 486 g/mol. The van der Waals surface area contributed by atoms with E-state index < -0.39 is 46.9 Å². The molecular formula is C27H30F2N2O6. The Labute approximate surface area is 213 Å². The molecule has 2 heterocycles. The van der Waals surface area contributed by atoms with E-state index in [0.717, 1.165) is 18.9 Å². The molecule has 1 saturated heterocycles. The number of ether oxygens (including phenoxy) is 2. The number of aromatic nitrogens is 1. The van der Waals surface area contributed by atoms with Gasteiger partial charge in [0.05, 0.1) is 35.7 Å². The Morgan fingerprint density at radius 2 is 1.95 bits per heavy atom. The molecule has 198 valence electrons. The van der Waals surface area contributed by atoms with E-state index in [1.54, 1.807) is 32.3 Å². The van der Waals surface area contributed by atoms with E-state index >= 15 is 4.39 Å². The molecule has 0 bridgehead atoms. The number of carbonyl (C=O) groups is 2. The molecule has 1 saturated carbocycles. The third-order valence-electron chi connectivity index (χ3n) is 6.21. The van der Waals surface area contributed by atoms with Crippen molar-refractivity contribution in [3.05, 3.63) is 45.2 Å². The normalized spacial score (nSPS) is 19.5. The van der Waals surface area contributed by atoms with E-state index in [1.807, 2.05) is 0 Å². The Morgan fingerprint density at radius 1 is 1.24 bits per heavy atom. The molecule has 4 rings (SSSR count). The summed E-state index contributed by atoms with van der Waals surface area (Å²) in [6.45, 7) is 6.94. The maximum atomic E-state index is 15.1. The van der Waals surface area contributed by atoms with Crippen molar-refractivity contribution in [1.29, 1.82) is 0 Å². The fraction of sp³-hybridized carbons (Fsp3) is 0.519. The van der Waals surface area contributed by atoms with Crippen LogP contribution in [-0.2, 0) is 9.47 Å². The first-order valence-electron chi connectivity index (χ1n) is 12.3. The van der Waals surface area contributed by atoms with Crippen molar-refractivity contribution in [3.63, 3.8) is 0 Å². The van der Waals surface area contributed by atoms with Crippen LogP contribution in [0.4, 0.5) is 13.6 Å². The minimum absolute atomic E-state index is 0.0599. The summed E-state index contributed by atoms with van der Waals surface area (Å²) in [5, 5.41) is 9.96. The smallest absolute Gasteiger partial charge is 0.410 e. The second-order valence-electron chi connectivity index (χ2n) is 10.4. The fourth-order valence-corrected chi connectivity index (χ4v) is 4.46. The number of likely N-dealkylation sites (tertiary alicyclic amines) is 1. The van der Waals surface area contributed by atoms with Crippen molar-refractivity contribution in [3.8, 4) is 11.8 Å². The molecule has 0 spiro atoms. The summed E-state index contributed by atoms with van der Waals surface area (Å²) in [5.74, 6) is 2.19. The number of esters is 1. The lowest BCUT2D eigenvalue weighted by molar-refractivity contribution is 0.0211. The predicted octanol–water partition coefficient (Wildman–Crippen LogP) is 3.90. The SMILES string of the molecule is CCOC(=O)c1cn(C2CC2)c2c(C#CC[C@@H]3C[C@H](O)CN3C(=O)OC(C)(C)C)c(F)c(F)cc2c1=O. The van der Waals surface area contributed by atoms with Gasteiger partial charge >= 0.3 is 12.1 Å². The number of aliphatic hydroxyl groups excluding tert-OH is 1. The molecule has 37 heavy (non-hydrogen) atoms. The zero-order valence-electron chi connectivity index (χ0n) is 21.3. The third kappa shape index (κ3) is 5.62. The first-order chi connectivity index (χ1) is 17.4. The molecule has 1 aliphatic carbocycles. The van der Waals surface area contributed by atoms with Crippen molar-refractivity contribution in [2.75, 3.05) is 13.2 Å². The Morgan fingerprint density at radius 3 is 2.57 bits per heavy atom. The number of aliphatic hydroxyl groups is 1. The highest BCUT2D eigenvalue weighted by atomic mass is 19.2. The zero-order valence-corrected chi connectivity index (χ0v) is 21.3. The van der Waals surface area contributed by atoms with Gasteiger partial charge in [0.2, 0.25) is 5.43 Å². The molecule has 1 aromatic carbocycles. The van der Waals surface area contributed by atoms with Gasteiger partial charge < -0.3 is 24.0 Å². The lowest BCUT2D eigenvalue weighted by Gasteiger charge is -2.27. The lowest BCUT2D eigenvalue weighted by atomic mass is 10.0. The highest BCUT2D eigenvalue weighted by Gasteiger charge is 2.36. The summed E-state index contributed by atoms with van der Waals surface area (Å²) in [6, 6.07) is 0.216. The van der Waals surface area contributed by atoms with E-state index in [9.17, 15) is 23.9 Å².